The minimum absolute atomic E-state index is 0.0472. The van der Waals surface area contributed by atoms with Crippen molar-refractivity contribution in [2.45, 2.75) is 19.8 Å². The maximum absolute atomic E-state index is 13.1. The van der Waals surface area contributed by atoms with Crippen LogP contribution in [0.4, 0.5) is 5.82 Å². The number of carbonyl (C=O) groups excluding carboxylic acids is 2. The molecular formula is C22H21ClN4O2. The van der Waals surface area contributed by atoms with Gasteiger partial charge in [-0.3, -0.25) is 14.6 Å². The summed E-state index contributed by atoms with van der Waals surface area (Å²) >= 11 is 6.08. The summed E-state index contributed by atoms with van der Waals surface area (Å²) in [4.78, 5) is 36.0. The summed E-state index contributed by atoms with van der Waals surface area (Å²) < 4.78 is 0. The van der Waals surface area contributed by atoms with Crippen LogP contribution >= 0.6 is 11.6 Å². The zero-order valence-corrected chi connectivity index (χ0v) is 16.8. The van der Waals surface area contributed by atoms with Gasteiger partial charge in [0.25, 0.3) is 5.91 Å². The number of amides is 2. The Morgan fingerprint density at radius 1 is 1.14 bits per heavy atom. The molecule has 0 atom stereocenters. The van der Waals surface area contributed by atoms with Crippen molar-refractivity contribution in [1.82, 2.24) is 14.9 Å². The highest BCUT2D eigenvalue weighted by molar-refractivity contribution is 6.31. The second-order valence-electron chi connectivity index (χ2n) is 7.23. The minimum atomic E-state index is -0.129. The fourth-order valence-corrected chi connectivity index (χ4v) is 3.82. The van der Waals surface area contributed by atoms with E-state index < -0.39 is 0 Å². The van der Waals surface area contributed by atoms with Crippen LogP contribution in [0, 0.1) is 12.8 Å². The number of fused-ring (bicyclic) bond motifs is 1. The third-order valence-corrected chi connectivity index (χ3v) is 5.50. The number of aromatic nitrogens is 2. The molecule has 1 saturated heterocycles. The summed E-state index contributed by atoms with van der Waals surface area (Å²) in [5, 5.41) is 4.30. The molecule has 1 fully saturated rings. The lowest BCUT2D eigenvalue weighted by atomic mass is 9.95. The first-order valence-corrected chi connectivity index (χ1v) is 9.97. The van der Waals surface area contributed by atoms with E-state index in [1.165, 1.54) is 0 Å². The van der Waals surface area contributed by atoms with Gasteiger partial charge in [0.05, 0.1) is 16.8 Å². The molecular weight excluding hydrogens is 388 g/mol. The first-order chi connectivity index (χ1) is 14.0. The number of aryl methyl sites for hydroxylation is 1. The van der Waals surface area contributed by atoms with Gasteiger partial charge < -0.3 is 10.2 Å². The highest BCUT2D eigenvalue weighted by atomic mass is 35.5. The monoisotopic (exact) mass is 408 g/mol. The summed E-state index contributed by atoms with van der Waals surface area (Å²) in [5.74, 6) is 0.317. The molecule has 2 amide bonds. The van der Waals surface area contributed by atoms with Crippen LogP contribution < -0.4 is 5.32 Å². The van der Waals surface area contributed by atoms with Crippen LogP contribution in [0.25, 0.3) is 10.9 Å². The number of benzene rings is 1. The fourth-order valence-electron chi connectivity index (χ4n) is 3.64. The molecule has 3 heterocycles. The molecule has 6 nitrogen and oxygen atoms in total. The van der Waals surface area contributed by atoms with Crippen molar-refractivity contribution >= 4 is 40.1 Å². The van der Waals surface area contributed by atoms with Gasteiger partial charge in [-0.25, -0.2) is 4.98 Å². The largest absolute Gasteiger partial charge is 0.339 e. The Bertz CT molecular complexity index is 1060. The molecule has 1 N–H and O–H groups in total. The van der Waals surface area contributed by atoms with Crippen molar-refractivity contribution in [2.24, 2.45) is 5.92 Å². The number of likely N-dealkylation sites (tertiary alicyclic amines) is 1. The zero-order valence-electron chi connectivity index (χ0n) is 16.1. The molecule has 148 valence electrons. The number of pyridine rings is 2. The minimum Gasteiger partial charge on any atom is -0.339 e. The van der Waals surface area contributed by atoms with Crippen LogP contribution in [0.3, 0.4) is 0 Å². The number of nitrogens with zero attached hydrogens (tertiary/aromatic N) is 3. The van der Waals surface area contributed by atoms with Crippen LogP contribution in [0.5, 0.6) is 0 Å². The molecule has 0 radical (unpaired) electrons. The lowest BCUT2D eigenvalue weighted by Crippen LogP contribution is -2.41. The first-order valence-electron chi connectivity index (χ1n) is 9.59. The van der Waals surface area contributed by atoms with E-state index in [-0.39, 0.29) is 17.7 Å². The first kappa shape index (κ1) is 19.3. The van der Waals surface area contributed by atoms with Crippen LogP contribution in [0.1, 0.15) is 28.9 Å². The molecule has 29 heavy (non-hydrogen) atoms. The molecule has 0 spiro atoms. The number of hydrogen-bond acceptors (Lipinski definition) is 4. The van der Waals surface area contributed by atoms with E-state index in [1.54, 1.807) is 29.3 Å². The molecule has 0 aliphatic carbocycles. The smallest absolute Gasteiger partial charge is 0.255 e. The van der Waals surface area contributed by atoms with Crippen molar-refractivity contribution in [3.8, 4) is 0 Å². The summed E-state index contributed by atoms with van der Waals surface area (Å²) in [7, 11) is 0. The number of halogens is 1. The molecule has 2 aromatic heterocycles. The van der Waals surface area contributed by atoms with E-state index in [0.29, 0.717) is 48.0 Å². The normalized spacial score (nSPS) is 14.8. The quantitative estimate of drug-likeness (QED) is 0.708. The zero-order chi connectivity index (χ0) is 20.4. The number of nitrogens with one attached hydrogen (secondary N) is 1. The van der Waals surface area contributed by atoms with E-state index in [4.69, 9.17) is 11.6 Å². The van der Waals surface area contributed by atoms with Crippen molar-refractivity contribution in [3.05, 3.63) is 64.9 Å². The van der Waals surface area contributed by atoms with Gasteiger partial charge in [-0.15, -0.1) is 0 Å². The highest BCUT2D eigenvalue weighted by Gasteiger charge is 2.29. The third-order valence-electron chi connectivity index (χ3n) is 5.27. The Balaban J connectivity index is 1.43. The number of carbonyl (C=O) groups is 2. The summed E-state index contributed by atoms with van der Waals surface area (Å²) in [5.41, 5.74) is 2.09. The molecule has 4 rings (SSSR count). The highest BCUT2D eigenvalue weighted by Crippen LogP contribution is 2.24. The van der Waals surface area contributed by atoms with Crippen molar-refractivity contribution < 1.29 is 9.59 Å². The Morgan fingerprint density at radius 2 is 1.93 bits per heavy atom. The van der Waals surface area contributed by atoms with Crippen LogP contribution in [0.2, 0.25) is 5.02 Å². The van der Waals surface area contributed by atoms with Crippen molar-refractivity contribution in [2.75, 3.05) is 18.4 Å². The van der Waals surface area contributed by atoms with Gasteiger partial charge in [0.1, 0.15) is 5.82 Å². The second kappa shape index (κ2) is 8.17. The number of rotatable bonds is 3. The Kier molecular flexibility index (Phi) is 5.45. The van der Waals surface area contributed by atoms with Crippen LogP contribution in [0.15, 0.2) is 48.7 Å². The second-order valence-corrected chi connectivity index (χ2v) is 7.67. The average Bonchev–Trinajstić information content (AvgIpc) is 2.74. The summed E-state index contributed by atoms with van der Waals surface area (Å²) in [6.45, 7) is 2.91. The van der Waals surface area contributed by atoms with Gasteiger partial charge in [-0.2, -0.15) is 0 Å². The topological polar surface area (TPSA) is 75.2 Å². The maximum atomic E-state index is 13.1. The lowest BCUT2D eigenvalue weighted by Gasteiger charge is -2.31. The van der Waals surface area contributed by atoms with Crippen LogP contribution in [-0.4, -0.2) is 39.8 Å². The van der Waals surface area contributed by atoms with Gasteiger partial charge in [-0.1, -0.05) is 17.7 Å². The Labute approximate surface area is 173 Å². The van der Waals surface area contributed by atoms with Crippen LogP contribution in [-0.2, 0) is 4.79 Å². The maximum Gasteiger partial charge on any atom is 0.255 e. The van der Waals surface area contributed by atoms with Gasteiger partial charge in [0.15, 0.2) is 0 Å². The van der Waals surface area contributed by atoms with Crippen molar-refractivity contribution in [3.63, 3.8) is 0 Å². The molecule has 0 bridgehead atoms. The number of hydrogen-bond donors (Lipinski definition) is 1. The Morgan fingerprint density at radius 3 is 2.66 bits per heavy atom. The van der Waals surface area contributed by atoms with Gasteiger partial charge >= 0.3 is 0 Å². The lowest BCUT2D eigenvalue weighted by molar-refractivity contribution is -0.121. The third kappa shape index (κ3) is 4.22. The van der Waals surface area contributed by atoms with Gasteiger partial charge in [0.2, 0.25) is 5.91 Å². The van der Waals surface area contributed by atoms with E-state index in [1.807, 2.05) is 31.2 Å². The summed E-state index contributed by atoms with van der Waals surface area (Å²) in [6.07, 6.45) is 2.89. The van der Waals surface area contributed by atoms with E-state index >= 15 is 0 Å². The fraction of sp³-hybridized carbons (Fsp3) is 0.273. The molecule has 7 heteroatoms. The predicted molar refractivity (Wildman–Crippen MR) is 113 cm³/mol. The molecule has 0 saturated carbocycles. The Hall–Kier alpha value is -2.99. The SMILES string of the molecule is Cc1nc2ccc(Cl)cc2cc1C(=O)N1CCC(C(=O)Nc2ccccn2)CC1. The molecule has 1 aromatic carbocycles. The molecule has 1 aliphatic rings. The van der Waals surface area contributed by atoms with Gasteiger partial charge in [0, 0.05) is 35.6 Å². The molecule has 3 aromatic rings. The summed E-state index contributed by atoms with van der Waals surface area (Å²) in [6, 6.07) is 12.7. The van der Waals surface area contributed by atoms with E-state index in [9.17, 15) is 9.59 Å². The number of anilines is 1. The van der Waals surface area contributed by atoms with E-state index in [0.717, 1.165) is 10.9 Å². The average molecular weight is 409 g/mol. The number of piperidine rings is 1. The standard InChI is InChI=1S/C22H21ClN4O2/c1-14-18(13-16-12-17(23)5-6-19(16)25-14)22(29)27-10-7-15(8-11-27)21(28)26-20-4-2-3-9-24-20/h2-6,9,12-13,15H,7-8,10-11H2,1H3,(H,24,26,28). The predicted octanol–water partition coefficient (Wildman–Crippen LogP) is 4.08. The van der Waals surface area contributed by atoms with E-state index in [2.05, 4.69) is 15.3 Å². The molecule has 1 aliphatic heterocycles. The van der Waals surface area contributed by atoms with Gasteiger partial charge in [-0.05, 0) is 56.2 Å². The molecule has 0 unspecified atom stereocenters. The van der Waals surface area contributed by atoms with Crippen molar-refractivity contribution in [1.29, 1.82) is 0 Å².